The van der Waals surface area contributed by atoms with Crippen LogP contribution in [0.3, 0.4) is 0 Å². The van der Waals surface area contributed by atoms with Crippen LogP contribution in [0.1, 0.15) is 11.4 Å². The van der Waals surface area contributed by atoms with Crippen molar-refractivity contribution in [3.63, 3.8) is 0 Å². The molecule has 0 saturated carbocycles. The third-order valence-electron chi connectivity index (χ3n) is 4.10. The summed E-state index contributed by atoms with van der Waals surface area (Å²) in [6.07, 6.45) is 0. The van der Waals surface area contributed by atoms with Gasteiger partial charge in [0.05, 0.1) is 17.2 Å². The van der Waals surface area contributed by atoms with E-state index < -0.39 is 0 Å². The van der Waals surface area contributed by atoms with Crippen LogP contribution in [0, 0.1) is 35.8 Å². The molecule has 0 aliphatic rings. The van der Waals surface area contributed by atoms with E-state index in [-0.39, 0.29) is 116 Å². The van der Waals surface area contributed by atoms with E-state index in [1.165, 1.54) is 24.3 Å². The molecule has 2 aromatic carbocycles. The van der Waals surface area contributed by atoms with Crippen LogP contribution in [0.15, 0.2) is 56.9 Å². The molecule has 0 atom stereocenters. The van der Waals surface area contributed by atoms with Gasteiger partial charge in [0.15, 0.2) is 0 Å². The second kappa shape index (κ2) is 15.2. The fraction of sp³-hybridized carbons (Fsp3) is 0. The van der Waals surface area contributed by atoms with Gasteiger partial charge in [-0.1, -0.05) is 6.57 Å². The minimum Gasteiger partial charge on any atom is -0.562 e. The fourth-order valence-corrected chi connectivity index (χ4v) is 2.43. The summed E-state index contributed by atoms with van der Waals surface area (Å²) in [5.74, 6) is -1.31. The molecule has 193 valence electrons. The molecule has 0 saturated heterocycles. The van der Waals surface area contributed by atoms with Gasteiger partial charge in [-0.05, 0) is 24.3 Å². The molecule has 2 aromatic heterocycles. The van der Waals surface area contributed by atoms with Gasteiger partial charge in [0, 0.05) is 34.9 Å². The minimum absolute atomic E-state index is 0. The molecular formula is C22H10CoN12NaO4-. The van der Waals surface area contributed by atoms with Crippen LogP contribution in [-0.2, 0) is 16.8 Å². The standard InChI is InChI=1S/2C11H5N6O2.Co.Na/c1-12-9-10(13-2)15-11(14-9)17-16-7-4-3-6(18)5-8(7)19;12-4-8-9(5-13)15-11(14-8)17-16-7-2-1-6(18)3-10(7)19;;/h3-5H,(H2-,14,15,16,17,18,19);1-3H,(H2-,14,15,16,17,18,19);;/q2*-1;;+1. The van der Waals surface area contributed by atoms with E-state index in [9.17, 15) is 10.2 Å². The first-order valence-electron chi connectivity index (χ1n) is 9.80. The molecule has 0 amide bonds. The van der Waals surface area contributed by atoms with Crippen molar-refractivity contribution in [3.05, 3.63) is 70.6 Å². The molecular weight excluding hydrogens is 578 g/mol. The number of rotatable bonds is 4. The molecule has 0 aliphatic carbocycles. The summed E-state index contributed by atoms with van der Waals surface area (Å²) in [6.45, 7) is 13.6. The predicted octanol–water partition coefficient (Wildman–Crippen LogP) is 1.58. The Balaban J connectivity index is 0.000000381. The maximum Gasteiger partial charge on any atom is 1.00 e. The molecule has 16 nitrogen and oxygen atoms in total. The number of benzene rings is 2. The van der Waals surface area contributed by atoms with Crippen molar-refractivity contribution >= 4 is 34.9 Å². The Bertz CT molecular complexity index is 1550. The van der Waals surface area contributed by atoms with Crippen molar-refractivity contribution < 1.29 is 66.8 Å². The van der Waals surface area contributed by atoms with Crippen LogP contribution < -0.4 is 39.5 Å². The molecule has 0 spiro atoms. The third-order valence-corrected chi connectivity index (χ3v) is 4.10. The van der Waals surface area contributed by atoms with Crippen LogP contribution in [0.4, 0.5) is 34.9 Å². The fourth-order valence-electron chi connectivity index (χ4n) is 2.43. The average Bonchev–Trinajstić information content (AvgIpc) is 3.51. The summed E-state index contributed by atoms with van der Waals surface area (Å²) in [4.78, 5) is 20.8. The number of aromatic nitrogens is 4. The van der Waals surface area contributed by atoms with Gasteiger partial charge >= 0.3 is 29.6 Å². The van der Waals surface area contributed by atoms with Gasteiger partial charge in [-0.2, -0.15) is 10.5 Å². The van der Waals surface area contributed by atoms with Gasteiger partial charge < -0.3 is 40.1 Å². The number of aromatic hydroxyl groups is 4. The predicted molar refractivity (Wildman–Crippen MR) is 125 cm³/mol. The normalized spacial score (nSPS) is 9.70. The Hall–Kier alpha value is -5.27. The quantitative estimate of drug-likeness (QED) is 0.152. The maximum absolute atomic E-state index is 9.47. The van der Waals surface area contributed by atoms with Crippen LogP contribution in [-0.4, -0.2) is 30.4 Å². The van der Waals surface area contributed by atoms with E-state index in [1.54, 1.807) is 12.1 Å². The van der Waals surface area contributed by atoms with Gasteiger partial charge in [0.2, 0.25) is 5.95 Å². The molecule has 0 fully saturated rings. The summed E-state index contributed by atoms with van der Waals surface area (Å²) < 4.78 is 0. The molecule has 1 radical (unpaired) electrons. The number of hydrogen-bond acceptors (Lipinski definition) is 12. The zero-order valence-electron chi connectivity index (χ0n) is 20.0. The van der Waals surface area contributed by atoms with Gasteiger partial charge in [-0.15, -0.1) is 10.2 Å². The van der Waals surface area contributed by atoms with Gasteiger partial charge in [-0.25, -0.2) is 11.7 Å². The van der Waals surface area contributed by atoms with Crippen LogP contribution >= 0.6 is 0 Å². The van der Waals surface area contributed by atoms with E-state index in [2.05, 4.69) is 50.1 Å². The van der Waals surface area contributed by atoms with Crippen molar-refractivity contribution in [3.8, 4) is 35.1 Å². The molecule has 18 heteroatoms. The second-order valence-electron chi connectivity index (χ2n) is 6.58. The number of nitriles is 2. The number of phenolic OH excluding ortho intramolecular Hbond substituents is 4. The van der Waals surface area contributed by atoms with Gasteiger partial charge in [0.25, 0.3) is 0 Å². The smallest absolute Gasteiger partial charge is 0.562 e. The molecule has 4 aromatic rings. The number of imidazole rings is 2. The summed E-state index contributed by atoms with van der Waals surface area (Å²) in [7, 11) is 0. The van der Waals surface area contributed by atoms with Crippen molar-refractivity contribution in [2.75, 3.05) is 0 Å². The van der Waals surface area contributed by atoms with Crippen LogP contribution in [0.2, 0.25) is 0 Å². The second-order valence-corrected chi connectivity index (χ2v) is 6.58. The number of azo groups is 2. The number of nitrogens with zero attached hydrogens (tertiary/aromatic N) is 12. The molecule has 4 N–H and O–H groups in total. The van der Waals surface area contributed by atoms with Crippen molar-refractivity contribution in [1.82, 2.24) is 19.9 Å². The van der Waals surface area contributed by atoms with Crippen molar-refractivity contribution in [1.29, 1.82) is 10.5 Å². The average molecular weight is 588 g/mol. The van der Waals surface area contributed by atoms with Crippen molar-refractivity contribution in [2.45, 2.75) is 0 Å². The zero-order chi connectivity index (χ0) is 27.7. The summed E-state index contributed by atoms with van der Waals surface area (Å²) in [6, 6.07) is 11.0. The van der Waals surface area contributed by atoms with Crippen LogP contribution in [0.25, 0.3) is 9.69 Å². The first-order chi connectivity index (χ1) is 18.3. The largest absolute Gasteiger partial charge is 1.00 e. The van der Waals surface area contributed by atoms with E-state index in [4.69, 9.17) is 33.9 Å². The van der Waals surface area contributed by atoms with E-state index >= 15 is 0 Å². The monoisotopic (exact) mass is 588 g/mol. The third kappa shape index (κ3) is 8.37. The molecule has 0 unspecified atom stereocenters. The molecule has 0 bridgehead atoms. The van der Waals surface area contributed by atoms with Gasteiger partial charge in [-0.3, -0.25) is 15.1 Å². The topological polar surface area (TPSA) is 241 Å². The molecule has 40 heavy (non-hydrogen) atoms. The zero-order valence-corrected chi connectivity index (χ0v) is 23.0. The Morgan fingerprint density at radius 3 is 1.65 bits per heavy atom. The summed E-state index contributed by atoms with van der Waals surface area (Å²) >= 11 is 0. The maximum atomic E-state index is 9.47. The molecule has 4 rings (SSSR count). The Kier molecular flexibility index (Phi) is 12.5. The number of hydrogen-bond donors (Lipinski definition) is 4. The van der Waals surface area contributed by atoms with Gasteiger partial charge in [0.1, 0.15) is 52.3 Å². The Labute approximate surface area is 257 Å². The molecule has 2 heterocycles. The Morgan fingerprint density at radius 1 is 0.750 bits per heavy atom. The van der Waals surface area contributed by atoms with Crippen LogP contribution in [0.5, 0.6) is 23.0 Å². The first-order valence-corrected chi connectivity index (χ1v) is 9.80. The SMILES string of the molecule is N#Cc1nc(N=Nc2ccc(O)cc2O)[n-]c1C#N.[C-]#[N+]c1nc(N=Nc2ccc(O)cc2O)[n-]c1[N+]#[C-].[Co].[Na+]. The minimum atomic E-state index is -0.267. The van der Waals surface area contributed by atoms with E-state index in [1.807, 2.05) is 0 Å². The molecule has 0 aliphatic heterocycles. The summed E-state index contributed by atoms with van der Waals surface area (Å²) in [5.41, 5.74) is -0.0614. The summed E-state index contributed by atoms with van der Waals surface area (Å²) in [5, 5.41) is 69.0. The van der Waals surface area contributed by atoms with Crippen molar-refractivity contribution in [2.24, 2.45) is 20.5 Å². The Morgan fingerprint density at radius 2 is 1.27 bits per heavy atom. The number of phenols is 4. The van der Waals surface area contributed by atoms with E-state index in [0.717, 1.165) is 12.1 Å². The first kappa shape index (κ1) is 32.8. The van der Waals surface area contributed by atoms with E-state index in [0.29, 0.717) is 0 Å².